The van der Waals surface area contributed by atoms with Gasteiger partial charge in [0.05, 0.1) is 0 Å². The second-order valence-corrected chi connectivity index (χ2v) is 5.96. The van der Waals surface area contributed by atoms with Crippen LogP contribution < -0.4 is 5.73 Å². The number of piperazine rings is 1. The molecule has 21 heavy (non-hydrogen) atoms. The quantitative estimate of drug-likeness (QED) is 0.725. The van der Waals surface area contributed by atoms with Crippen LogP contribution in [0.25, 0.3) is 0 Å². The molecule has 5 nitrogen and oxygen atoms in total. The zero-order chi connectivity index (χ0) is 15.0. The van der Waals surface area contributed by atoms with Gasteiger partial charge in [0.25, 0.3) is 0 Å². The zero-order valence-electron chi connectivity index (χ0n) is 13.3. The molecule has 1 rings (SSSR count). The van der Waals surface area contributed by atoms with Crippen molar-refractivity contribution in [3.63, 3.8) is 0 Å². The van der Waals surface area contributed by atoms with E-state index in [9.17, 15) is 9.59 Å². The monoisotopic (exact) mass is 319 g/mol. The molecule has 1 heterocycles. The molecule has 0 aromatic rings. The molecule has 1 fully saturated rings. The average molecular weight is 320 g/mol. The van der Waals surface area contributed by atoms with E-state index in [4.69, 9.17) is 5.73 Å². The first kappa shape index (κ1) is 20.2. The van der Waals surface area contributed by atoms with Gasteiger partial charge in [-0.05, 0) is 25.3 Å². The van der Waals surface area contributed by atoms with Gasteiger partial charge < -0.3 is 15.5 Å². The average Bonchev–Trinajstić information content (AvgIpc) is 2.43. The molecule has 0 aromatic carbocycles. The first-order valence-corrected chi connectivity index (χ1v) is 7.80. The van der Waals surface area contributed by atoms with E-state index in [1.165, 1.54) is 0 Å². The van der Waals surface area contributed by atoms with Crippen LogP contribution >= 0.6 is 12.4 Å². The number of nitrogens with zero attached hydrogens (tertiary/aromatic N) is 2. The minimum Gasteiger partial charge on any atom is -0.339 e. The molecule has 2 N–H and O–H groups in total. The molecule has 0 radical (unpaired) electrons. The van der Waals surface area contributed by atoms with Gasteiger partial charge in [0, 0.05) is 39.0 Å². The Labute approximate surface area is 134 Å². The minimum atomic E-state index is 0. The third kappa shape index (κ3) is 7.67. The van der Waals surface area contributed by atoms with E-state index in [-0.39, 0.29) is 24.2 Å². The normalized spacial score (nSPS) is 15.0. The summed E-state index contributed by atoms with van der Waals surface area (Å²) in [6.07, 6.45) is 4.15. The number of hydrogen-bond acceptors (Lipinski definition) is 3. The Morgan fingerprint density at radius 2 is 1.48 bits per heavy atom. The van der Waals surface area contributed by atoms with Crippen LogP contribution in [0.1, 0.15) is 46.0 Å². The van der Waals surface area contributed by atoms with Crippen molar-refractivity contribution in [1.29, 1.82) is 0 Å². The molecule has 0 saturated carbocycles. The van der Waals surface area contributed by atoms with Crippen LogP contribution in [-0.4, -0.2) is 54.3 Å². The van der Waals surface area contributed by atoms with Crippen LogP contribution in [0.5, 0.6) is 0 Å². The van der Waals surface area contributed by atoms with Crippen molar-refractivity contribution >= 4 is 24.2 Å². The molecular weight excluding hydrogens is 290 g/mol. The first-order valence-electron chi connectivity index (χ1n) is 7.80. The van der Waals surface area contributed by atoms with E-state index >= 15 is 0 Å². The lowest BCUT2D eigenvalue weighted by Gasteiger charge is -2.35. The second kappa shape index (κ2) is 10.9. The number of hydrogen-bond donors (Lipinski definition) is 1. The van der Waals surface area contributed by atoms with Crippen molar-refractivity contribution in [2.24, 2.45) is 11.7 Å². The number of amides is 2. The fourth-order valence-corrected chi connectivity index (χ4v) is 2.44. The summed E-state index contributed by atoms with van der Waals surface area (Å²) in [4.78, 5) is 27.7. The highest BCUT2D eigenvalue weighted by Gasteiger charge is 2.23. The minimum absolute atomic E-state index is 0. The molecule has 0 aromatic heterocycles. The van der Waals surface area contributed by atoms with E-state index in [0.29, 0.717) is 51.5 Å². The highest BCUT2D eigenvalue weighted by Crippen LogP contribution is 2.10. The zero-order valence-corrected chi connectivity index (χ0v) is 14.2. The molecule has 2 amide bonds. The second-order valence-electron chi connectivity index (χ2n) is 5.96. The maximum Gasteiger partial charge on any atom is 0.222 e. The van der Waals surface area contributed by atoms with Gasteiger partial charge in [-0.2, -0.15) is 0 Å². The third-order valence-electron chi connectivity index (χ3n) is 3.66. The van der Waals surface area contributed by atoms with E-state index in [1.807, 2.05) is 9.80 Å². The van der Waals surface area contributed by atoms with Gasteiger partial charge in [-0.3, -0.25) is 9.59 Å². The largest absolute Gasteiger partial charge is 0.339 e. The Balaban J connectivity index is 0.00000400. The van der Waals surface area contributed by atoms with Crippen LogP contribution in [0, 0.1) is 5.92 Å². The first-order chi connectivity index (χ1) is 9.54. The third-order valence-corrected chi connectivity index (χ3v) is 3.66. The molecule has 0 bridgehead atoms. The van der Waals surface area contributed by atoms with Gasteiger partial charge in [0.15, 0.2) is 0 Å². The van der Waals surface area contributed by atoms with Crippen molar-refractivity contribution in [1.82, 2.24) is 9.80 Å². The Bertz CT molecular complexity index is 316. The van der Waals surface area contributed by atoms with Crippen molar-refractivity contribution in [2.75, 3.05) is 32.7 Å². The number of halogens is 1. The molecule has 1 saturated heterocycles. The van der Waals surface area contributed by atoms with Crippen LogP contribution in [0.4, 0.5) is 0 Å². The SMILES string of the molecule is CC(C)CC(=O)N1CCN(C(=O)CCCCCN)CC1.Cl. The fraction of sp³-hybridized carbons (Fsp3) is 0.867. The molecule has 124 valence electrons. The van der Waals surface area contributed by atoms with E-state index < -0.39 is 0 Å². The number of carbonyl (C=O) groups is 2. The smallest absolute Gasteiger partial charge is 0.222 e. The van der Waals surface area contributed by atoms with Crippen LogP contribution in [0.15, 0.2) is 0 Å². The summed E-state index contributed by atoms with van der Waals surface area (Å²) in [6.45, 7) is 7.53. The maximum atomic E-state index is 12.0. The standard InChI is InChI=1S/C15H29N3O2.ClH/c1-13(2)12-15(20)18-10-8-17(9-11-18)14(19)6-4-3-5-7-16;/h13H,3-12,16H2,1-2H3;1H. The summed E-state index contributed by atoms with van der Waals surface area (Å²) >= 11 is 0. The Hall–Kier alpha value is -0.810. The molecule has 0 unspecified atom stereocenters. The van der Waals surface area contributed by atoms with E-state index in [2.05, 4.69) is 13.8 Å². The maximum absolute atomic E-state index is 12.0. The topological polar surface area (TPSA) is 66.6 Å². The molecule has 0 aliphatic carbocycles. The molecule has 0 atom stereocenters. The molecular formula is C15H30ClN3O2. The lowest BCUT2D eigenvalue weighted by atomic mass is 10.1. The number of carbonyl (C=O) groups excluding carboxylic acids is 2. The van der Waals surface area contributed by atoms with Crippen LogP contribution in [0.2, 0.25) is 0 Å². The van der Waals surface area contributed by atoms with Gasteiger partial charge in [-0.25, -0.2) is 0 Å². The van der Waals surface area contributed by atoms with Crippen molar-refractivity contribution in [3.8, 4) is 0 Å². The highest BCUT2D eigenvalue weighted by molar-refractivity contribution is 5.85. The number of rotatable bonds is 7. The summed E-state index contributed by atoms with van der Waals surface area (Å²) < 4.78 is 0. The van der Waals surface area contributed by atoms with Crippen LogP contribution in [0.3, 0.4) is 0 Å². The van der Waals surface area contributed by atoms with Crippen molar-refractivity contribution in [2.45, 2.75) is 46.0 Å². The molecule has 1 aliphatic rings. The summed E-state index contributed by atoms with van der Waals surface area (Å²) in [7, 11) is 0. The molecule has 0 spiro atoms. The predicted octanol–water partition coefficient (Wildman–Crippen LogP) is 1.64. The van der Waals surface area contributed by atoms with Crippen molar-refractivity contribution < 1.29 is 9.59 Å². The summed E-state index contributed by atoms with van der Waals surface area (Å²) in [5, 5.41) is 0. The lowest BCUT2D eigenvalue weighted by Crippen LogP contribution is -2.50. The van der Waals surface area contributed by atoms with Gasteiger partial charge in [-0.1, -0.05) is 20.3 Å². The Morgan fingerprint density at radius 3 is 1.95 bits per heavy atom. The van der Waals surface area contributed by atoms with E-state index in [1.54, 1.807) is 0 Å². The predicted molar refractivity (Wildman–Crippen MR) is 87.4 cm³/mol. The van der Waals surface area contributed by atoms with Crippen molar-refractivity contribution in [3.05, 3.63) is 0 Å². The number of unbranched alkanes of at least 4 members (excludes halogenated alkanes) is 2. The van der Waals surface area contributed by atoms with Gasteiger partial charge >= 0.3 is 0 Å². The van der Waals surface area contributed by atoms with Gasteiger partial charge in [0.2, 0.25) is 11.8 Å². The lowest BCUT2D eigenvalue weighted by molar-refractivity contribution is -0.140. The number of nitrogens with two attached hydrogens (primary N) is 1. The molecule has 6 heteroatoms. The fourth-order valence-electron chi connectivity index (χ4n) is 2.44. The summed E-state index contributed by atoms with van der Waals surface area (Å²) in [6, 6.07) is 0. The van der Waals surface area contributed by atoms with Crippen LogP contribution in [-0.2, 0) is 9.59 Å². The Kier molecular flexibility index (Phi) is 10.4. The van der Waals surface area contributed by atoms with E-state index in [0.717, 1.165) is 19.3 Å². The summed E-state index contributed by atoms with van der Waals surface area (Å²) in [5.41, 5.74) is 5.43. The Morgan fingerprint density at radius 1 is 0.952 bits per heavy atom. The van der Waals surface area contributed by atoms with Gasteiger partial charge in [-0.15, -0.1) is 12.4 Å². The highest BCUT2D eigenvalue weighted by atomic mass is 35.5. The van der Waals surface area contributed by atoms with Gasteiger partial charge in [0.1, 0.15) is 0 Å². The summed E-state index contributed by atoms with van der Waals surface area (Å²) in [5.74, 6) is 0.831. The molecule has 1 aliphatic heterocycles.